The van der Waals surface area contributed by atoms with Gasteiger partial charge in [0.15, 0.2) is 0 Å². The molecule has 1 N–H and O–H groups in total. The van der Waals surface area contributed by atoms with Gasteiger partial charge >= 0.3 is 0 Å². The Kier molecular flexibility index (Phi) is 5.80. The van der Waals surface area contributed by atoms with E-state index >= 15 is 0 Å². The maximum Gasteiger partial charge on any atom is 0.0894 e. The summed E-state index contributed by atoms with van der Waals surface area (Å²) in [5, 5.41) is 2.94. The Hall–Kier alpha value is -0.110. The van der Waals surface area contributed by atoms with Gasteiger partial charge in [-0.25, -0.2) is 0 Å². The fourth-order valence-corrected chi connectivity index (χ4v) is 0.396. The fraction of sp³-hybridized carbons (Fsp3) is 1.00. The van der Waals surface area contributed by atoms with Crippen molar-refractivity contribution in [3.63, 3.8) is 0 Å². The van der Waals surface area contributed by atoms with Crippen molar-refractivity contribution in [1.29, 1.82) is 0 Å². The molecule has 0 aliphatic heterocycles. The highest BCUT2D eigenvalue weighted by atomic mass is 19.1. The van der Waals surface area contributed by atoms with Gasteiger partial charge in [-0.3, -0.25) is 4.39 Å². The van der Waals surface area contributed by atoms with Crippen LogP contribution in [0.15, 0.2) is 0 Å². The zero-order chi connectivity index (χ0) is 5.54. The van der Waals surface area contributed by atoms with Gasteiger partial charge in [0.05, 0.1) is 6.67 Å². The second-order valence-electron chi connectivity index (χ2n) is 1.50. The van der Waals surface area contributed by atoms with Crippen LogP contribution in [-0.2, 0) is 0 Å². The Bertz CT molecular complexity index is 27.3. The van der Waals surface area contributed by atoms with E-state index in [0.717, 1.165) is 13.0 Å². The number of hydrogen-bond acceptors (Lipinski definition) is 1. The molecule has 0 aromatic rings. The van der Waals surface area contributed by atoms with E-state index in [1.807, 2.05) is 7.05 Å². The number of unbranched alkanes of at least 4 members (excludes halogenated alkanes) is 1. The third-order valence-electron chi connectivity index (χ3n) is 0.810. The molecule has 0 amide bonds. The third kappa shape index (κ3) is 5.89. The lowest BCUT2D eigenvalue weighted by Crippen LogP contribution is -2.07. The van der Waals surface area contributed by atoms with Crippen LogP contribution in [0.1, 0.15) is 12.8 Å². The van der Waals surface area contributed by atoms with Crippen LogP contribution in [0.5, 0.6) is 0 Å². The summed E-state index contributed by atoms with van der Waals surface area (Å²) < 4.78 is 11.3. The molecule has 0 fully saturated rings. The smallest absolute Gasteiger partial charge is 0.0894 e. The monoisotopic (exact) mass is 105 g/mol. The first kappa shape index (κ1) is 6.89. The van der Waals surface area contributed by atoms with Crippen LogP contribution >= 0.6 is 0 Å². The fourth-order valence-electron chi connectivity index (χ4n) is 0.396. The van der Waals surface area contributed by atoms with Crippen LogP contribution in [0.4, 0.5) is 4.39 Å². The Morgan fingerprint density at radius 3 is 2.57 bits per heavy atom. The molecule has 0 aliphatic carbocycles. The van der Waals surface area contributed by atoms with Crippen LogP contribution < -0.4 is 5.32 Å². The summed E-state index contributed by atoms with van der Waals surface area (Å²) in [4.78, 5) is 0. The quantitative estimate of drug-likeness (QED) is 0.525. The molecule has 0 spiro atoms. The molecule has 0 atom stereocenters. The molecular formula is C5H12FN. The average Bonchev–Trinajstić information content (AvgIpc) is 1.69. The average molecular weight is 105 g/mol. The molecule has 0 saturated carbocycles. The Labute approximate surface area is 43.9 Å². The first-order valence-electron chi connectivity index (χ1n) is 2.62. The van der Waals surface area contributed by atoms with E-state index in [1.54, 1.807) is 0 Å². The van der Waals surface area contributed by atoms with E-state index in [2.05, 4.69) is 5.32 Å². The summed E-state index contributed by atoms with van der Waals surface area (Å²) >= 11 is 0. The van der Waals surface area contributed by atoms with E-state index in [1.165, 1.54) is 0 Å². The van der Waals surface area contributed by atoms with Gasteiger partial charge in [-0.2, -0.15) is 0 Å². The third-order valence-corrected chi connectivity index (χ3v) is 0.810. The van der Waals surface area contributed by atoms with E-state index in [9.17, 15) is 4.39 Å². The molecule has 1 nitrogen and oxygen atoms in total. The molecule has 0 radical (unpaired) electrons. The molecule has 7 heavy (non-hydrogen) atoms. The standard InChI is InChI=1S/C5H12FN/c1-7-5-3-2-4-6/h7H,2-5H2,1H3. The molecule has 0 aliphatic rings. The summed E-state index contributed by atoms with van der Waals surface area (Å²) in [5.41, 5.74) is 0. The van der Waals surface area contributed by atoms with Gasteiger partial charge in [-0.05, 0) is 26.4 Å². The van der Waals surface area contributed by atoms with Gasteiger partial charge in [-0.1, -0.05) is 0 Å². The second-order valence-corrected chi connectivity index (χ2v) is 1.50. The SMILES string of the molecule is CNCCCCF. The molecule has 0 saturated heterocycles. The van der Waals surface area contributed by atoms with Crippen molar-refractivity contribution < 1.29 is 4.39 Å². The number of nitrogens with one attached hydrogen (secondary N) is 1. The Morgan fingerprint density at radius 2 is 2.14 bits per heavy atom. The highest BCUT2D eigenvalue weighted by Crippen LogP contribution is 1.84. The summed E-state index contributed by atoms with van der Waals surface area (Å²) in [6, 6.07) is 0. The molecule has 0 bridgehead atoms. The van der Waals surface area contributed by atoms with Gasteiger partial charge < -0.3 is 5.32 Å². The predicted molar refractivity (Wildman–Crippen MR) is 29.1 cm³/mol. The van der Waals surface area contributed by atoms with Crippen LogP contribution in [0.25, 0.3) is 0 Å². The maximum atomic E-state index is 11.3. The molecular weight excluding hydrogens is 93.1 g/mol. The van der Waals surface area contributed by atoms with Crippen molar-refractivity contribution in [2.24, 2.45) is 0 Å². The summed E-state index contributed by atoms with van der Waals surface area (Å²) in [6.07, 6.45) is 1.65. The van der Waals surface area contributed by atoms with E-state index in [4.69, 9.17) is 0 Å². The van der Waals surface area contributed by atoms with Crippen LogP contribution in [0, 0.1) is 0 Å². The van der Waals surface area contributed by atoms with Crippen molar-refractivity contribution in [2.45, 2.75) is 12.8 Å². The molecule has 0 aromatic carbocycles. The minimum Gasteiger partial charge on any atom is -0.320 e. The van der Waals surface area contributed by atoms with Gasteiger partial charge in [0.25, 0.3) is 0 Å². The lowest BCUT2D eigenvalue weighted by molar-refractivity contribution is 0.459. The number of halogens is 1. The summed E-state index contributed by atoms with van der Waals surface area (Å²) in [6.45, 7) is 0.756. The first-order valence-corrected chi connectivity index (χ1v) is 2.62. The van der Waals surface area contributed by atoms with Crippen LogP contribution in [-0.4, -0.2) is 20.3 Å². The zero-order valence-corrected chi connectivity index (χ0v) is 4.71. The lowest BCUT2D eigenvalue weighted by Gasteiger charge is -1.91. The second kappa shape index (κ2) is 5.89. The maximum absolute atomic E-state index is 11.3. The molecule has 0 unspecified atom stereocenters. The van der Waals surface area contributed by atoms with Crippen molar-refractivity contribution in [1.82, 2.24) is 5.32 Å². The highest BCUT2D eigenvalue weighted by molar-refractivity contribution is 4.39. The van der Waals surface area contributed by atoms with Gasteiger partial charge in [-0.15, -0.1) is 0 Å². The van der Waals surface area contributed by atoms with Gasteiger partial charge in [0.1, 0.15) is 0 Å². The van der Waals surface area contributed by atoms with E-state index in [-0.39, 0.29) is 6.67 Å². The topological polar surface area (TPSA) is 12.0 Å². The van der Waals surface area contributed by atoms with Crippen molar-refractivity contribution in [2.75, 3.05) is 20.3 Å². The highest BCUT2D eigenvalue weighted by Gasteiger charge is 1.81. The minimum absolute atomic E-state index is 0.179. The summed E-state index contributed by atoms with van der Waals surface area (Å²) in [7, 11) is 1.87. The van der Waals surface area contributed by atoms with Gasteiger partial charge in [0.2, 0.25) is 0 Å². The molecule has 0 heterocycles. The Morgan fingerprint density at radius 1 is 1.43 bits per heavy atom. The van der Waals surface area contributed by atoms with Crippen molar-refractivity contribution in [3.05, 3.63) is 0 Å². The molecule has 0 rings (SSSR count). The van der Waals surface area contributed by atoms with Crippen LogP contribution in [0.2, 0.25) is 0 Å². The van der Waals surface area contributed by atoms with Crippen molar-refractivity contribution in [3.8, 4) is 0 Å². The largest absolute Gasteiger partial charge is 0.320 e. The summed E-state index contributed by atoms with van der Waals surface area (Å²) in [5.74, 6) is 0. The number of alkyl halides is 1. The minimum atomic E-state index is -0.179. The van der Waals surface area contributed by atoms with E-state index in [0.29, 0.717) is 6.42 Å². The lowest BCUT2D eigenvalue weighted by atomic mass is 10.3. The molecule has 2 heteroatoms. The molecule has 44 valence electrons. The van der Waals surface area contributed by atoms with E-state index < -0.39 is 0 Å². The first-order chi connectivity index (χ1) is 3.41. The predicted octanol–water partition coefficient (Wildman–Crippen LogP) is 0.956. The van der Waals surface area contributed by atoms with Crippen molar-refractivity contribution >= 4 is 0 Å². The molecule has 0 aromatic heterocycles. The zero-order valence-electron chi connectivity index (χ0n) is 4.71. The normalized spacial score (nSPS) is 9.43. The Balaban J connectivity index is 2.45. The van der Waals surface area contributed by atoms with Crippen LogP contribution in [0.3, 0.4) is 0 Å². The number of hydrogen-bond donors (Lipinski definition) is 1. The van der Waals surface area contributed by atoms with Gasteiger partial charge in [0, 0.05) is 0 Å². The number of rotatable bonds is 4.